The molecule has 0 amide bonds. The monoisotopic (exact) mass is 334 g/mol. The fourth-order valence-corrected chi connectivity index (χ4v) is 2.73. The predicted octanol–water partition coefficient (Wildman–Crippen LogP) is 5.17. The fraction of sp³-hybridized carbons (Fsp3) is 0.562. The Bertz CT molecular complexity index is 577. The number of alkyl halides is 2. The number of ketones is 1. The van der Waals surface area contributed by atoms with Crippen LogP contribution in [0.2, 0.25) is 5.02 Å². The number of rotatable bonds is 4. The number of benzene rings is 1. The van der Waals surface area contributed by atoms with Crippen LogP contribution in [0.25, 0.3) is 0 Å². The molecule has 122 valence electrons. The highest BCUT2D eigenvalue weighted by Gasteiger charge is 2.41. The molecule has 0 radical (unpaired) electrons. The number of hydrogen-bond acceptors (Lipinski definition) is 2. The number of halogens is 4. The minimum absolute atomic E-state index is 0.0238. The number of ether oxygens (including phenoxy) is 1. The Hall–Kier alpha value is -1.07. The molecule has 1 saturated carbocycles. The van der Waals surface area contributed by atoms with Crippen molar-refractivity contribution in [2.45, 2.75) is 57.7 Å². The van der Waals surface area contributed by atoms with Gasteiger partial charge < -0.3 is 4.74 Å². The van der Waals surface area contributed by atoms with Gasteiger partial charge in [-0.25, -0.2) is 13.2 Å². The quantitative estimate of drug-likeness (QED) is 0.710. The lowest BCUT2D eigenvalue weighted by Gasteiger charge is -2.37. The van der Waals surface area contributed by atoms with Crippen molar-refractivity contribution >= 4 is 17.4 Å². The summed E-state index contributed by atoms with van der Waals surface area (Å²) in [6, 6.07) is 2.44. The Morgan fingerprint density at radius 2 is 1.86 bits per heavy atom. The average Bonchev–Trinajstić information content (AvgIpc) is 2.43. The minimum Gasteiger partial charge on any atom is -0.371 e. The van der Waals surface area contributed by atoms with Crippen molar-refractivity contribution in [2.24, 2.45) is 0 Å². The summed E-state index contributed by atoms with van der Waals surface area (Å²) in [5, 5.41) is 0.233. The van der Waals surface area contributed by atoms with Crippen molar-refractivity contribution in [2.75, 3.05) is 0 Å². The normalized spacial score (nSPS) is 19.9. The van der Waals surface area contributed by atoms with Gasteiger partial charge in [-0.1, -0.05) is 11.6 Å². The molecule has 0 N–H and O–H groups in total. The molecular weight excluding hydrogens is 317 g/mol. The molecule has 6 heteroatoms. The first-order chi connectivity index (χ1) is 10.1. The molecule has 1 aliphatic rings. The van der Waals surface area contributed by atoms with Gasteiger partial charge >= 0.3 is 0 Å². The van der Waals surface area contributed by atoms with Crippen LogP contribution in [0.3, 0.4) is 0 Å². The molecule has 22 heavy (non-hydrogen) atoms. The molecular formula is C16H18ClF3O2. The maximum atomic E-state index is 13.8. The van der Waals surface area contributed by atoms with Gasteiger partial charge in [-0.3, -0.25) is 4.79 Å². The Morgan fingerprint density at radius 3 is 2.41 bits per heavy atom. The number of hydrogen-bond donors (Lipinski definition) is 0. The fourth-order valence-electron chi connectivity index (χ4n) is 2.51. The first-order valence-corrected chi connectivity index (χ1v) is 7.50. The summed E-state index contributed by atoms with van der Waals surface area (Å²) in [6.07, 6.45) is 0.0565. The molecule has 2 nitrogen and oxygen atoms in total. The zero-order valence-electron chi connectivity index (χ0n) is 12.5. The van der Waals surface area contributed by atoms with E-state index in [0.29, 0.717) is 5.56 Å². The lowest BCUT2D eigenvalue weighted by molar-refractivity contribution is -0.129. The molecule has 0 spiro atoms. The highest BCUT2D eigenvalue weighted by Crippen LogP contribution is 2.40. The van der Waals surface area contributed by atoms with Crippen LogP contribution in [-0.4, -0.2) is 17.3 Å². The molecule has 1 aliphatic carbocycles. The highest BCUT2D eigenvalue weighted by molar-refractivity contribution is 6.31. The van der Waals surface area contributed by atoms with E-state index in [1.54, 1.807) is 6.92 Å². The number of carbonyl (C=O) groups is 1. The van der Waals surface area contributed by atoms with E-state index in [0.717, 1.165) is 0 Å². The second kappa shape index (κ2) is 6.20. The van der Waals surface area contributed by atoms with Crippen LogP contribution in [0.4, 0.5) is 13.2 Å². The summed E-state index contributed by atoms with van der Waals surface area (Å²) in [6.45, 7) is 3.06. The summed E-state index contributed by atoms with van der Waals surface area (Å²) >= 11 is 6.03. The zero-order chi connectivity index (χ0) is 16.5. The summed E-state index contributed by atoms with van der Waals surface area (Å²) < 4.78 is 45.9. The molecule has 0 saturated heterocycles. The minimum atomic E-state index is -2.63. The van der Waals surface area contributed by atoms with Gasteiger partial charge in [-0.2, -0.15) is 0 Å². The van der Waals surface area contributed by atoms with Gasteiger partial charge in [-0.15, -0.1) is 0 Å². The molecule has 1 aromatic rings. The van der Waals surface area contributed by atoms with E-state index in [1.807, 2.05) is 0 Å². The second-order valence-electron chi connectivity index (χ2n) is 6.07. The van der Waals surface area contributed by atoms with Gasteiger partial charge in [0.05, 0.1) is 17.8 Å². The smallest absolute Gasteiger partial charge is 0.248 e. The predicted molar refractivity (Wildman–Crippen MR) is 78.0 cm³/mol. The molecule has 0 atom stereocenters. The van der Waals surface area contributed by atoms with E-state index in [-0.39, 0.29) is 42.9 Å². The molecule has 0 unspecified atom stereocenters. The molecule has 1 aromatic carbocycles. The SMILES string of the molecule is CC(=O)c1cc(Cl)c(COC2(C)CCC(F)(F)CC2)cc1F. The third-order valence-electron chi connectivity index (χ3n) is 4.13. The third kappa shape index (κ3) is 4.02. The van der Waals surface area contributed by atoms with Crippen LogP contribution < -0.4 is 0 Å². The lowest BCUT2D eigenvalue weighted by Crippen LogP contribution is -2.38. The van der Waals surface area contributed by atoms with Gasteiger partial charge in [0.1, 0.15) is 5.82 Å². The van der Waals surface area contributed by atoms with Crippen LogP contribution in [0.5, 0.6) is 0 Å². The van der Waals surface area contributed by atoms with Gasteiger partial charge in [0.25, 0.3) is 0 Å². The van der Waals surface area contributed by atoms with E-state index in [1.165, 1.54) is 19.1 Å². The van der Waals surface area contributed by atoms with Crippen LogP contribution in [0, 0.1) is 5.82 Å². The molecule has 0 aliphatic heterocycles. The van der Waals surface area contributed by atoms with Crippen LogP contribution in [0.15, 0.2) is 12.1 Å². The van der Waals surface area contributed by atoms with Crippen LogP contribution in [0.1, 0.15) is 55.5 Å². The molecule has 2 rings (SSSR count). The maximum absolute atomic E-state index is 13.8. The number of Topliss-reactive ketones (excluding diaryl/α,β-unsaturated/α-hetero) is 1. The van der Waals surface area contributed by atoms with Crippen molar-refractivity contribution < 1.29 is 22.7 Å². The van der Waals surface area contributed by atoms with Crippen molar-refractivity contribution in [3.8, 4) is 0 Å². The van der Waals surface area contributed by atoms with Crippen molar-refractivity contribution in [1.29, 1.82) is 0 Å². The first kappa shape index (κ1) is 17.3. The summed E-state index contributed by atoms with van der Waals surface area (Å²) in [7, 11) is 0. The van der Waals surface area contributed by atoms with E-state index >= 15 is 0 Å². The Kier molecular flexibility index (Phi) is 4.87. The van der Waals surface area contributed by atoms with Crippen molar-refractivity contribution in [3.63, 3.8) is 0 Å². The largest absolute Gasteiger partial charge is 0.371 e. The number of carbonyl (C=O) groups excluding carboxylic acids is 1. The molecule has 0 aromatic heterocycles. The van der Waals surface area contributed by atoms with Gasteiger partial charge in [0.2, 0.25) is 5.92 Å². The highest BCUT2D eigenvalue weighted by atomic mass is 35.5. The van der Waals surface area contributed by atoms with Gasteiger partial charge in [0.15, 0.2) is 5.78 Å². The third-order valence-corrected chi connectivity index (χ3v) is 4.48. The van der Waals surface area contributed by atoms with E-state index in [9.17, 15) is 18.0 Å². The average molecular weight is 335 g/mol. The van der Waals surface area contributed by atoms with Gasteiger partial charge in [-0.05, 0) is 44.4 Å². The lowest BCUT2D eigenvalue weighted by atomic mass is 9.84. The van der Waals surface area contributed by atoms with E-state index < -0.39 is 23.1 Å². The van der Waals surface area contributed by atoms with E-state index in [4.69, 9.17) is 16.3 Å². The molecule has 0 heterocycles. The second-order valence-corrected chi connectivity index (χ2v) is 6.48. The van der Waals surface area contributed by atoms with Crippen LogP contribution >= 0.6 is 11.6 Å². The molecule has 0 bridgehead atoms. The summed E-state index contributed by atoms with van der Waals surface area (Å²) in [5.74, 6) is -3.69. The van der Waals surface area contributed by atoms with Gasteiger partial charge in [0, 0.05) is 17.9 Å². The maximum Gasteiger partial charge on any atom is 0.248 e. The topological polar surface area (TPSA) is 26.3 Å². The Balaban J connectivity index is 2.06. The molecule has 1 fully saturated rings. The zero-order valence-corrected chi connectivity index (χ0v) is 13.3. The summed E-state index contributed by atoms with van der Waals surface area (Å²) in [5.41, 5.74) is -0.333. The van der Waals surface area contributed by atoms with E-state index in [2.05, 4.69) is 0 Å². The standard InChI is InChI=1S/C16H18ClF3O2/c1-10(21)12-8-13(17)11(7-14(12)18)9-22-15(2)3-5-16(19,20)6-4-15/h7-8H,3-6,9H2,1-2H3. The summed E-state index contributed by atoms with van der Waals surface area (Å²) in [4.78, 5) is 11.2. The van der Waals surface area contributed by atoms with Crippen molar-refractivity contribution in [1.82, 2.24) is 0 Å². The Morgan fingerprint density at radius 1 is 1.27 bits per heavy atom. The first-order valence-electron chi connectivity index (χ1n) is 7.13. The van der Waals surface area contributed by atoms with Crippen molar-refractivity contribution in [3.05, 3.63) is 34.1 Å². The van der Waals surface area contributed by atoms with Crippen LogP contribution in [-0.2, 0) is 11.3 Å². The Labute approximate surface area is 132 Å².